The molecule has 0 saturated carbocycles. The van der Waals surface area contributed by atoms with Crippen molar-refractivity contribution >= 4 is 53.7 Å². The van der Waals surface area contributed by atoms with Gasteiger partial charge in [0.1, 0.15) is 9.79 Å². The highest BCUT2D eigenvalue weighted by molar-refractivity contribution is 7.94. The molecule has 3 aromatic rings. The van der Waals surface area contributed by atoms with Crippen LogP contribution in [0.3, 0.4) is 0 Å². The van der Waals surface area contributed by atoms with E-state index in [0.29, 0.717) is 9.75 Å². The summed E-state index contributed by atoms with van der Waals surface area (Å²) in [5.41, 5.74) is 0. The third-order valence-corrected chi connectivity index (χ3v) is 9.03. The first-order chi connectivity index (χ1) is 10.7. The Morgan fingerprint density at radius 3 is 1.39 bits per heavy atom. The zero-order chi connectivity index (χ0) is 16.8. The van der Waals surface area contributed by atoms with Gasteiger partial charge in [-0.05, 0) is 22.9 Å². The Hall–Kier alpha value is -1.00. The second-order valence-corrected chi connectivity index (χ2v) is 11.7. The molecular weight excluding hydrogens is 392 g/mol. The van der Waals surface area contributed by atoms with Gasteiger partial charge in [-0.1, -0.05) is 12.1 Å². The average molecular weight is 405 g/mol. The van der Waals surface area contributed by atoms with Crippen molar-refractivity contribution in [2.24, 2.45) is 0 Å². The van der Waals surface area contributed by atoms with Crippen LogP contribution in [0.25, 0.3) is 19.5 Å². The molecule has 0 unspecified atom stereocenters. The van der Waals surface area contributed by atoms with Crippen LogP contribution in [-0.2, 0) is 19.7 Å². The van der Waals surface area contributed by atoms with E-state index < -0.39 is 19.7 Å². The minimum atomic E-state index is -3.70. The number of hydrogen-bond acceptors (Lipinski definition) is 7. The van der Waals surface area contributed by atoms with Gasteiger partial charge in [-0.3, -0.25) is 0 Å². The van der Waals surface area contributed by atoms with Gasteiger partial charge in [0.15, 0.2) is 19.7 Å². The van der Waals surface area contributed by atoms with Crippen LogP contribution in [-0.4, -0.2) is 29.3 Å². The summed E-state index contributed by atoms with van der Waals surface area (Å²) >= 11 is 4.00. The lowest BCUT2D eigenvalue weighted by Crippen LogP contribution is -2.06. The van der Waals surface area contributed by atoms with Crippen molar-refractivity contribution in [2.45, 2.75) is 9.79 Å². The Labute approximate surface area is 146 Å². The van der Waals surface area contributed by atoms with E-state index in [1.54, 1.807) is 12.1 Å². The molecule has 3 rings (SSSR count). The molecule has 0 radical (unpaired) electrons. The molecule has 0 aromatic carbocycles. The van der Waals surface area contributed by atoms with E-state index in [1.165, 1.54) is 34.0 Å². The first-order valence-electron chi connectivity index (χ1n) is 6.34. The molecule has 3 aromatic heterocycles. The van der Waals surface area contributed by atoms with E-state index in [-0.39, 0.29) is 9.79 Å². The Balaban J connectivity index is 2.49. The van der Waals surface area contributed by atoms with E-state index in [1.807, 2.05) is 22.9 Å². The highest BCUT2D eigenvalue weighted by Gasteiger charge is 2.32. The average Bonchev–Trinajstić information content (AvgIpc) is 3.16. The first kappa shape index (κ1) is 16.8. The molecule has 0 bridgehead atoms. The van der Waals surface area contributed by atoms with Crippen LogP contribution in [0.2, 0.25) is 0 Å². The third kappa shape index (κ3) is 3.16. The summed E-state index contributed by atoms with van der Waals surface area (Å²) in [5, 5.41) is 3.68. The predicted octanol–water partition coefficient (Wildman–Crippen LogP) is 4.01. The highest BCUT2D eigenvalue weighted by Crippen LogP contribution is 2.48. The largest absolute Gasteiger partial charge is 0.224 e. The molecular formula is C14H12O4S5. The topological polar surface area (TPSA) is 68.3 Å². The van der Waals surface area contributed by atoms with E-state index in [9.17, 15) is 16.8 Å². The summed E-state index contributed by atoms with van der Waals surface area (Å²) in [6.07, 6.45) is 2.11. The van der Waals surface area contributed by atoms with Crippen LogP contribution in [0.1, 0.15) is 0 Å². The smallest absolute Gasteiger partial charge is 0.178 e. The Bertz CT molecular complexity index is 952. The lowest BCUT2D eigenvalue weighted by molar-refractivity contribution is 0.590. The van der Waals surface area contributed by atoms with Crippen LogP contribution in [0.5, 0.6) is 0 Å². The zero-order valence-electron chi connectivity index (χ0n) is 12.1. The molecule has 0 aliphatic carbocycles. The lowest BCUT2D eigenvalue weighted by Gasteiger charge is -2.04. The van der Waals surface area contributed by atoms with Gasteiger partial charge in [0.25, 0.3) is 0 Å². The van der Waals surface area contributed by atoms with Gasteiger partial charge < -0.3 is 0 Å². The summed E-state index contributed by atoms with van der Waals surface area (Å²) < 4.78 is 49.4. The SMILES string of the molecule is CS(=O)(=O)c1c(-c2cccs2)sc(-c2cccs2)c1S(C)(=O)=O. The van der Waals surface area contributed by atoms with Gasteiger partial charge in [-0.2, -0.15) is 0 Å². The fourth-order valence-electron chi connectivity index (χ4n) is 2.21. The standard InChI is InChI=1S/C14H12O4S5/c1-22(15,16)13-11(9-5-3-7-19-9)21-12(10-6-4-8-20-10)14(13)23(2,17)18/h3-8H,1-2H3. The fraction of sp³-hybridized carbons (Fsp3) is 0.143. The van der Waals surface area contributed by atoms with Gasteiger partial charge >= 0.3 is 0 Å². The Kier molecular flexibility index (Phi) is 4.26. The minimum absolute atomic E-state index is 0.0872. The molecule has 4 nitrogen and oxygen atoms in total. The van der Waals surface area contributed by atoms with Crippen molar-refractivity contribution < 1.29 is 16.8 Å². The van der Waals surface area contributed by atoms with Crippen molar-refractivity contribution in [1.29, 1.82) is 0 Å². The molecule has 3 heterocycles. The Morgan fingerprint density at radius 1 is 0.739 bits per heavy atom. The van der Waals surface area contributed by atoms with Gasteiger partial charge in [-0.25, -0.2) is 16.8 Å². The second-order valence-electron chi connectivity index (χ2n) is 4.92. The van der Waals surface area contributed by atoms with Crippen molar-refractivity contribution in [1.82, 2.24) is 0 Å². The molecule has 9 heteroatoms. The molecule has 0 amide bonds. The van der Waals surface area contributed by atoms with Gasteiger partial charge in [-0.15, -0.1) is 34.0 Å². The highest BCUT2D eigenvalue weighted by atomic mass is 32.2. The molecule has 23 heavy (non-hydrogen) atoms. The normalized spacial score (nSPS) is 12.6. The van der Waals surface area contributed by atoms with E-state index >= 15 is 0 Å². The maximum Gasteiger partial charge on any atom is 0.178 e. The summed E-state index contributed by atoms with van der Waals surface area (Å²) in [6.45, 7) is 0. The van der Waals surface area contributed by atoms with E-state index in [4.69, 9.17) is 0 Å². The molecule has 0 aliphatic heterocycles. The van der Waals surface area contributed by atoms with Gasteiger partial charge in [0.2, 0.25) is 0 Å². The van der Waals surface area contributed by atoms with Crippen LogP contribution in [0, 0.1) is 0 Å². The van der Waals surface area contributed by atoms with Crippen molar-refractivity contribution in [2.75, 3.05) is 12.5 Å². The van der Waals surface area contributed by atoms with Gasteiger partial charge in [0.05, 0.1) is 9.75 Å². The van der Waals surface area contributed by atoms with Crippen LogP contribution in [0.4, 0.5) is 0 Å². The van der Waals surface area contributed by atoms with Crippen LogP contribution >= 0.6 is 34.0 Å². The summed E-state index contributed by atoms with van der Waals surface area (Å²) in [5.74, 6) is 0. The third-order valence-electron chi connectivity index (χ3n) is 3.05. The molecule has 0 fully saturated rings. The molecule has 122 valence electrons. The summed E-state index contributed by atoms with van der Waals surface area (Å²) in [7, 11) is -7.40. The summed E-state index contributed by atoms with van der Waals surface area (Å²) in [4.78, 5) is 2.32. The lowest BCUT2D eigenvalue weighted by atomic mass is 10.3. The maximum absolute atomic E-state index is 12.3. The van der Waals surface area contributed by atoms with Crippen molar-refractivity contribution in [3.05, 3.63) is 35.0 Å². The van der Waals surface area contributed by atoms with Crippen molar-refractivity contribution in [3.63, 3.8) is 0 Å². The fourth-order valence-corrected chi connectivity index (χ4v) is 9.12. The van der Waals surface area contributed by atoms with Crippen LogP contribution < -0.4 is 0 Å². The summed E-state index contributed by atoms with van der Waals surface area (Å²) in [6, 6.07) is 7.23. The van der Waals surface area contributed by atoms with E-state index in [2.05, 4.69) is 0 Å². The molecule has 0 spiro atoms. The zero-order valence-corrected chi connectivity index (χ0v) is 16.2. The second kappa shape index (κ2) is 5.82. The Morgan fingerprint density at radius 2 is 1.13 bits per heavy atom. The number of rotatable bonds is 4. The molecule has 0 saturated heterocycles. The maximum atomic E-state index is 12.3. The number of thiophene rings is 3. The van der Waals surface area contributed by atoms with Crippen LogP contribution in [0.15, 0.2) is 44.8 Å². The van der Waals surface area contributed by atoms with Gasteiger partial charge in [0, 0.05) is 22.3 Å². The molecule has 0 atom stereocenters. The number of sulfone groups is 2. The van der Waals surface area contributed by atoms with E-state index in [0.717, 1.165) is 22.3 Å². The first-order valence-corrected chi connectivity index (χ1v) is 12.7. The molecule has 0 aliphatic rings. The minimum Gasteiger partial charge on any atom is -0.224 e. The predicted molar refractivity (Wildman–Crippen MR) is 97.2 cm³/mol. The number of hydrogen-bond donors (Lipinski definition) is 0. The molecule has 0 N–H and O–H groups in total. The monoisotopic (exact) mass is 404 g/mol. The quantitative estimate of drug-likeness (QED) is 0.659. The van der Waals surface area contributed by atoms with Crippen molar-refractivity contribution in [3.8, 4) is 19.5 Å².